The average Bonchev–Trinajstić information content (AvgIpc) is 2.87. The van der Waals surface area contributed by atoms with Crippen LogP contribution < -0.4 is 9.64 Å². The van der Waals surface area contributed by atoms with E-state index in [1.807, 2.05) is 18.2 Å². The number of anilines is 1. The molecule has 0 saturated heterocycles. The van der Waals surface area contributed by atoms with Crippen molar-refractivity contribution in [3.8, 4) is 17.1 Å². The number of rotatable bonds is 1. The fraction of sp³-hybridized carbons (Fsp3) is 0.167. The van der Waals surface area contributed by atoms with E-state index < -0.39 is 0 Å². The number of nitrogens with zero attached hydrogens (tertiary/aromatic N) is 2. The lowest BCUT2D eigenvalue weighted by Gasteiger charge is -2.26. The molecule has 1 aromatic carbocycles. The number of amides is 1. The van der Waals surface area contributed by atoms with Crippen LogP contribution in [0.2, 0.25) is 0 Å². The third-order valence-electron chi connectivity index (χ3n) is 2.77. The molecule has 0 N–H and O–H groups in total. The summed E-state index contributed by atoms with van der Waals surface area (Å²) in [6, 6.07) is 7.33. The summed E-state index contributed by atoms with van der Waals surface area (Å²) in [5.74, 6) is 1.31. The highest BCUT2D eigenvalue weighted by Gasteiger charge is 2.22. The van der Waals surface area contributed by atoms with E-state index in [-0.39, 0.29) is 12.5 Å². The summed E-state index contributed by atoms with van der Waals surface area (Å²) in [7, 11) is 1.73. The molecule has 17 heavy (non-hydrogen) atoms. The van der Waals surface area contributed by atoms with Crippen molar-refractivity contribution in [2.24, 2.45) is 0 Å². The standard InChI is InChI=1S/C12H10N2O3/c1-14-9-6-8(10-4-5-13-17-10)2-3-11(9)16-7-12(14)15/h2-6H,7H2,1H3. The molecular weight excluding hydrogens is 220 g/mol. The number of benzene rings is 1. The fourth-order valence-electron chi connectivity index (χ4n) is 1.79. The van der Waals surface area contributed by atoms with Crippen LogP contribution in [0.25, 0.3) is 11.3 Å². The van der Waals surface area contributed by atoms with Crippen LogP contribution in [-0.2, 0) is 4.79 Å². The minimum atomic E-state index is -0.0628. The molecule has 5 heteroatoms. The topological polar surface area (TPSA) is 55.6 Å². The molecule has 86 valence electrons. The Morgan fingerprint density at radius 1 is 1.35 bits per heavy atom. The van der Waals surface area contributed by atoms with Crippen LogP contribution in [0.5, 0.6) is 5.75 Å². The molecule has 1 aromatic heterocycles. The van der Waals surface area contributed by atoms with Crippen molar-refractivity contribution < 1.29 is 14.1 Å². The van der Waals surface area contributed by atoms with Crippen molar-refractivity contribution in [1.82, 2.24) is 5.16 Å². The molecule has 2 aromatic rings. The molecule has 2 heterocycles. The van der Waals surface area contributed by atoms with Gasteiger partial charge in [-0.1, -0.05) is 5.16 Å². The van der Waals surface area contributed by atoms with Gasteiger partial charge in [0.1, 0.15) is 5.75 Å². The zero-order valence-electron chi connectivity index (χ0n) is 9.21. The molecule has 0 saturated carbocycles. The maximum Gasteiger partial charge on any atom is 0.264 e. The molecular formula is C12H10N2O3. The number of hydrogen-bond acceptors (Lipinski definition) is 4. The normalized spacial score (nSPS) is 14.4. The van der Waals surface area contributed by atoms with Gasteiger partial charge in [0.05, 0.1) is 11.9 Å². The van der Waals surface area contributed by atoms with Gasteiger partial charge < -0.3 is 14.2 Å². The molecule has 0 aliphatic carbocycles. The second-order valence-electron chi connectivity index (χ2n) is 3.80. The molecule has 0 fully saturated rings. The third-order valence-corrected chi connectivity index (χ3v) is 2.77. The van der Waals surface area contributed by atoms with Crippen LogP contribution in [-0.4, -0.2) is 24.7 Å². The van der Waals surface area contributed by atoms with E-state index in [9.17, 15) is 4.79 Å². The molecule has 0 bridgehead atoms. The monoisotopic (exact) mass is 230 g/mol. The Labute approximate surface area is 97.6 Å². The second-order valence-corrected chi connectivity index (χ2v) is 3.80. The summed E-state index contributed by atoms with van der Waals surface area (Å²) in [5.41, 5.74) is 1.61. The zero-order chi connectivity index (χ0) is 11.8. The van der Waals surface area contributed by atoms with Crippen LogP contribution in [0.3, 0.4) is 0 Å². The Bertz CT molecular complexity index is 563. The highest BCUT2D eigenvalue weighted by Crippen LogP contribution is 2.35. The van der Waals surface area contributed by atoms with Crippen molar-refractivity contribution in [1.29, 1.82) is 0 Å². The molecule has 1 aliphatic rings. The number of carbonyl (C=O) groups excluding carboxylic acids is 1. The predicted molar refractivity (Wildman–Crippen MR) is 60.8 cm³/mol. The second kappa shape index (κ2) is 3.62. The first-order valence-electron chi connectivity index (χ1n) is 5.20. The van der Waals surface area contributed by atoms with Gasteiger partial charge in [-0.25, -0.2) is 0 Å². The molecule has 0 spiro atoms. The molecule has 1 amide bonds. The maximum absolute atomic E-state index is 11.5. The van der Waals surface area contributed by atoms with E-state index in [0.29, 0.717) is 11.5 Å². The van der Waals surface area contributed by atoms with Crippen LogP contribution in [0.4, 0.5) is 5.69 Å². The fourth-order valence-corrected chi connectivity index (χ4v) is 1.79. The van der Waals surface area contributed by atoms with Crippen LogP contribution in [0.1, 0.15) is 0 Å². The third kappa shape index (κ3) is 1.56. The number of likely N-dealkylation sites (N-methyl/N-ethyl adjacent to an activating group) is 1. The van der Waals surface area contributed by atoms with Gasteiger partial charge in [-0.2, -0.15) is 0 Å². The minimum absolute atomic E-state index is 0.0628. The van der Waals surface area contributed by atoms with E-state index in [0.717, 1.165) is 11.3 Å². The van der Waals surface area contributed by atoms with E-state index in [4.69, 9.17) is 9.26 Å². The van der Waals surface area contributed by atoms with E-state index in [1.54, 1.807) is 24.2 Å². The molecule has 3 rings (SSSR count). The lowest BCUT2D eigenvalue weighted by atomic mass is 10.1. The van der Waals surface area contributed by atoms with E-state index in [2.05, 4.69) is 5.16 Å². The summed E-state index contributed by atoms with van der Waals surface area (Å²) in [4.78, 5) is 13.1. The summed E-state index contributed by atoms with van der Waals surface area (Å²) in [6.45, 7) is 0.0884. The van der Waals surface area contributed by atoms with Gasteiger partial charge in [0.25, 0.3) is 5.91 Å². The lowest BCUT2D eigenvalue weighted by Crippen LogP contribution is -2.35. The van der Waals surface area contributed by atoms with Crippen molar-refractivity contribution in [2.75, 3.05) is 18.6 Å². The molecule has 0 unspecified atom stereocenters. The minimum Gasteiger partial charge on any atom is -0.482 e. The van der Waals surface area contributed by atoms with E-state index in [1.165, 1.54) is 0 Å². The van der Waals surface area contributed by atoms with Gasteiger partial charge in [0.15, 0.2) is 12.4 Å². The molecule has 5 nitrogen and oxygen atoms in total. The molecule has 0 radical (unpaired) electrons. The van der Waals surface area contributed by atoms with Gasteiger partial charge in [0, 0.05) is 18.7 Å². The van der Waals surface area contributed by atoms with Gasteiger partial charge in [-0.05, 0) is 18.2 Å². The number of ether oxygens (including phenoxy) is 1. The first kappa shape index (κ1) is 9.89. The van der Waals surface area contributed by atoms with Crippen LogP contribution in [0.15, 0.2) is 35.0 Å². The van der Waals surface area contributed by atoms with Crippen molar-refractivity contribution in [3.05, 3.63) is 30.5 Å². The Balaban J connectivity index is 2.09. The Hall–Kier alpha value is -2.30. The van der Waals surface area contributed by atoms with Gasteiger partial charge in [-0.15, -0.1) is 0 Å². The van der Waals surface area contributed by atoms with Gasteiger partial charge >= 0.3 is 0 Å². The Morgan fingerprint density at radius 3 is 3.00 bits per heavy atom. The number of aromatic nitrogens is 1. The number of hydrogen-bond donors (Lipinski definition) is 0. The van der Waals surface area contributed by atoms with Gasteiger partial charge in [-0.3, -0.25) is 4.79 Å². The van der Waals surface area contributed by atoms with E-state index >= 15 is 0 Å². The lowest BCUT2D eigenvalue weighted by molar-refractivity contribution is -0.120. The van der Waals surface area contributed by atoms with Crippen LogP contribution in [0, 0.1) is 0 Å². The summed E-state index contributed by atoms with van der Waals surface area (Å²) in [6.07, 6.45) is 1.58. The van der Waals surface area contributed by atoms with Gasteiger partial charge in [0.2, 0.25) is 0 Å². The Kier molecular flexibility index (Phi) is 2.11. The SMILES string of the molecule is CN1C(=O)COc2ccc(-c3ccno3)cc21. The highest BCUT2D eigenvalue weighted by molar-refractivity contribution is 5.98. The summed E-state index contributed by atoms with van der Waals surface area (Å²) >= 11 is 0. The first-order chi connectivity index (χ1) is 8.25. The summed E-state index contributed by atoms with van der Waals surface area (Å²) < 4.78 is 10.4. The highest BCUT2D eigenvalue weighted by atomic mass is 16.5. The number of carbonyl (C=O) groups is 1. The van der Waals surface area contributed by atoms with Crippen molar-refractivity contribution in [2.45, 2.75) is 0 Å². The summed E-state index contributed by atoms with van der Waals surface area (Å²) in [5, 5.41) is 3.66. The predicted octanol–water partition coefficient (Wildman–Crippen LogP) is 1.70. The zero-order valence-corrected chi connectivity index (χ0v) is 9.21. The quantitative estimate of drug-likeness (QED) is 0.748. The largest absolute Gasteiger partial charge is 0.482 e. The Morgan fingerprint density at radius 2 is 2.24 bits per heavy atom. The number of fused-ring (bicyclic) bond motifs is 1. The first-order valence-corrected chi connectivity index (χ1v) is 5.20. The molecule has 1 aliphatic heterocycles. The van der Waals surface area contributed by atoms with Crippen molar-refractivity contribution >= 4 is 11.6 Å². The average molecular weight is 230 g/mol. The molecule has 0 atom stereocenters. The smallest absolute Gasteiger partial charge is 0.264 e. The van der Waals surface area contributed by atoms with Crippen LogP contribution >= 0.6 is 0 Å². The maximum atomic E-state index is 11.5. The van der Waals surface area contributed by atoms with Crippen molar-refractivity contribution in [3.63, 3.8) is 0 Å².